The van der Waals surface area contributed by atoms with Crippen molar-refractivity contribution in [2.45, 2.75) is 51.0 Å². The fourth-order valence-electron chi connectivity index (χ4n) is 4.19. The molecule has 3 rings (SSSR count). The summed E-state index contributed by atoms with van der Waals surface area (Å²) in [7, 11) is 0. The van der Waals surface area contributed by atoms with E-state index in [2.05, 4.69) is 6.92 Å². The lowest BCUT2D eigenvalue weighted by molar-refractivity contribution is -0.154. The van der Waals surface area contributed by atoms with E-state index >= 15 is 0 Å². The van der Waals surface area contributed by atoms with Gasteiger partial charge in [-0.2, -0.15) is 0 Å². The summed E-state index contributed by atoms with van der Waals surface area (Å²) in [6, 6.07) is 0. The predicted molar refractivity (Wildman–Crippen MR) is 68.4 cm³/mol. The number of rotatable bonds is 1. The monoisotopic (exact) mass is 252 g/mol. The first kappa shape index (κ1) is 12.6. The van der Waals surface area contributed by atoms with Gasteiger partial charge in [0.25, 0.3) is 0 Å². The van der Waals surface area contributed by atoms with E-state index < -0.39 is 0 Å². The summed E-state index contributed by atoms with van der Waals surface area (Å²) in [6.07, 6.45) is 6.29. The van der Waals surface area contributed by atoms with Crippen LogP contribution in [0, 0.1) is 17.8 Å². The second-order valence-corrected chi connectivity index (χ2v) is 6.35. The van der Waals surface area contributed by atoms with Gasteiger partial charge in [0.15, 0.2) is 0 Å². The third kappa shape index (κ3) is 2.23. The second-order valence-electron chi connectivity index (χ2n) is 6.35. The van der Waals surface area contributed by atoms with Crippen LogP contribution in [-0.4, -0.2) is 31.2 Å². The maximum absolute atomic E-state index is 11.7. The molecule has 1 saturated carbocycles. The van der Waals surface area contributed by atoms with E-state index in [1.807, 2.05) is 0 Å². The van der Waals surface area contributed by atoms with Gasteiger partial charge in [-0.25, -0.2) is 0 Å². The molecule has 3 unspecified atom stereocenters. The molecule has 0 aromatic carbocycles. The number of carbonyl (C=O) groups excluding carboxylic acids is 1. The van der Waals surface area contributed by atoms with Gasteiger partial charge in [0.2, 0.25) is 0 Å². The minimum Gasteiger partial charge on any atom is -0.381 e. The van der Waals surface area contributed by atoms with Gasteiger partial charge in [-0.3, -0.25) is 4.79 Å². The van der Waals surface area contributed by atoms with E-state index in [9.17, 15) is 4.79 Å². The van der Waals surface area contributed by atoms with Crippen molar-refractivity contribution in [2.75, 3.05) is 19.8 Å². The molecule has 2 saturated heterocycles. The third-order valence-corrected chi connectivity index (χ3v) is 5.41. The van der Waals surface area contributed by atoms with E-state index in [1.54, 1.807) is 0 Å². The van der Waals surface area contributed by atoms with Gasteiger partial charge < -0.3 is 9.47 Å². The fourth-order valence-corrected chi connectivity index (χ4v) is 4.19. The number of hydrogen-bond acceptors (Lipinski definition) is 3. The minimum absolute atomic E-state index is 0.0759. The topological polar surface area (TPSA) is 35.5 Å². The van der Waals surface area contributed by atoms with Crippen LogP contribution in [-0.2, 0) is 14.3 Å². The Balaban J connectivity index is 1.68. The molecular weight excluding hydrogens is 228 g/mol. The zero-order valence-electron chi connectivity index (χ0n) is 11.3. The molecule has 3 nitrogen and oxygen atoms in total. The summed E-state index contributed by atoms with van der Waals surface area (Å²) in [6.45, 7) is 4.69. The first-order chi connectivity index (χ1) is 8.70. The molecule has 102 valence electrons. The van der Waals surface area contributed by atoms with Crippen LogP contribution in [0.25, 0.3) is 0 Å². The highest BCUT2D eigenvalue weighted by molar-refractivity contribution is 5.83. The molecule has 0 bridgehead atoms. The molecule has 2 aliphatic heterocycles. The molecule has 0 aromatic rings. The van der Waals surface area contributed by atoms with Gasteiger partial charge in [0.05, 0.1) is 5.60 Å². The Morgan fingerprint density at radius 1 is 1.17 bits per heavy atom. The number of hydrogen-bond donors (Lipinski definition) is 0. The summed E-state index contributed by atoms with van der Waals surface area (Å²) >= 11 is 0. The predicted octanol–water partition coefficient (Wildman–Crippen LogP) is 2.58. The average Bonchev–Trinajstić information content (AvgIpc) is 2.71. The molecule has 0 N–H and O–H groups in total. The molecule has 3 fully saturated rings. The van der Waals surface area contributed by atoms with Gasteiger partial charge in [0, 0.05) is 32.2 Å². The van der Waals surface area contributed by atoms with Crippen molar-refractivity contribution in [3.63, 3.8) is 0 Å². The Kier molecular flexibility index (Phi) is 3.46. The Morgan fingerprint density at radius 3 is 2.61 bits per heavy atom. The standard InChI is InChI=1S/C15H24O3/c1-11-13(2-3-14(11)16)12-4-7-18-15(10-12)5-8-17-9-6-15/h11-13H,2-10H2,1H3. The first-order valence-corrected chi connectivity index (χ1v) is 7.45. The first-order valence-electron chi connectivity index (χ1n) is 7.45. The quantitative estimate of drug-likeness (QED) is 0.719. The Morgan fingerprint density at radius 2 is 1.94 bits per heavy atom. The van der Waals surface area contributed by atoms with Gasteiger partial charge in [0.1, 0.15) is 5.78 Å². The molecule has 0 amide bonds. The van der Waals surface area contributed by atoms with Crippen LogP contribution in [0.3, 0.4) is 0 Å². The highest BCUT2D eigenvalue weighted by Crippen LogP contribution is 2.45. The molecule has 18 heavy (non-hydrogen) atoms. The highest BCUT2D eigenvalue weighted by atomic mass is 16.5. The number of ether oxygens (including phenoxy) is 2. The summed E-state index contributed by atoms with van der Waals surface area (Å²) in [5, 5.41) is 0. The molecule has 1 spiro atoms. The summed E-state index contributed by atoms with van der Waals surface area (Å²) in [5.74, 6) is 2.07. The van der Waals surface area contributed by atoms with Crippen molar-refractivity contribution < 1.29 is 14.3 Å². The normalized spacial score (nSPS) is 40.3. The summed E-state index contributed by atoms with van der Waals surface area (Å²) in [4.78, 5) is 11.7. The van der Waals surface area contributed by atoms with Crippen LogP contribution in [0.1, 0.15) is 45.4 Å². The van der Waals surface area contributed by atoms with Crippen LogP contribution in [0.4, 0.5) is 0 Å². The lowest BCUT2D eigenvalue weighted by Gasteiger charge is -2.45. The number of ketones is 1. The molecular formula is C15H24O3. The van der Waals surface area contributed by atoms with E-state index in [1.165, 1.54) is 0 Å². The Hall–Kier alpha value is -0.410. The van der Waals surface area contributed by atoms with Gasteiger partial charge in [-0.05, 0) is 43.9 Å². The molecule has 3 aliphatic rings. The smallest absolute Gasteiger partial charge is 0.135 e. The third-order valence-electron chi connectivity index (χ3n) is 5.41. The Bertz CT molecular complexity index is 314. The molecule has 0 aromatic heterocycles. The Labute approximate surface area is 109 Å². The van der Waals surface area contributed by atoms with Gasteiger partial charge >= 0.3 is 0 Å². The van der Waals surface area contributed by atoms with Gasteiger partial charge in [-0.1, -0.05) is 6.92 Å². The highest BCUT2D eigenvalue weighted by Gasteiger charge is 2.44. The number of carbonyl (C=O) groups is 1. The molecule has 3 heteroatoms. The summed E-state index contributed by atoms with van der Waals surface area (Å²) < 4.78 is 11.6. The lowest BCUT2D eigenvalue weighted by atomic mass is 9.72. The SMILES string of the molecule is CC1C(=O)CCC1C1CCOC2(CCOCC2)C1. The van der Waals surface area contributed by atoms with Crippen molar-refractivity contribution in [1.82, 2.24) is 0 Å². The van der Waals surface area contributed by atoms with Crippen LogP contribution < -0.4 is 0 Å². The molecule has 0 radical (unpaired) electrons. The second kappa shape index (κ2) is 4.93. The van der Waals surface area contributed by atoms with Crippen molar-refractivity contribution in [2.24, 2.45) is 17.8 Å². The van der Waals surface area contributed by atoms with Crippen molar-refractivity contribution in [3.8, 4) is 0 Å². The zero-order valence-corrected chi connectivity index (χ0v) is 11.3. The summed E-state index contributed by atoms with van der Waals surface area (Å²) in [5.41, 5.74) is 0.0759. The van der Waals surface area contributed by atoms with Crippen molar-refractivity contribution >= 4 is 5.78 Å². The van der Waals surface area contributed by atoms with Crippen LogP contribution in [0.5, 0.6) is 0 Å². The van der Waals surface area contributed by atoms with E-state index in [-0.39, 0.29) is 11.5 Å². The maximum Gasteiger partial charge on any atom is 0.135 e. The molecule has 1 aliphatic carbocycles. The van der Waals surface area contributed by atoms with Crippen LogP contribution in [0.2, 0.25) is 0 Å². The lowest BCUT2D eigenvalue weighted by Crippen LogP contribution is -2.46. The zero-order chi connectivity index (χ0) is 12.6. The van der Waals surface area contributed by atoms with E-state index in [4.69, 9.17) is 9.47 Å². The van der Waals surface area contributed by atoms with Crippen molar-refractivity contribution in [1.29, 1.82) is 0 Å². The average molecular weight is 252 g/mol. The van der Waals surface area contributed by atoms with Gasteiger partial charge in [-0.15, -0.1) is 0 Å². The van der Waals surface area contributed by atoms with Crippen LogP contribution >= 0.6 is 0 Å². The number of Topliss-reactive ketones (excluding diaryl/α,β-unsaturated/α-hetero) is 1. The van der Waals surface area contributed by atoms with E-state index in [0.29, 0.717) is 17.6 Å². The van der Waals surface area contributed by atoms with Crippen molar-refractivity contribution in [3.05, 3.63) is 0 Å². The maximum atomic E-state index is 11.7. The molecule has 3 atom stereocenters. The largest absolute Gasteiger partial charge is 0.381 e. The van der Waals surface area contributed by atoms with E-state index in [0.717, 1.165) is 58.3 Å². The van der Waals surface area contributed by atoms with Crippen LogP contribution in [0.15, 0.2) is 0 Å². The fraction of sp³-hybridized carbons (Fsp3) is 0.933. The molecule has 2 heterocycles. The minimum atomic E-state index is 0.0759.